The van der Waals surface area contributed by atoms with Gasteiger partial charge in [-0.1, -0.05) is 19.1 Å². The summed E-state index contributed by atoms with van der Waals surface area (Å²) in [4.78, 5) is 39.5. The molecule has 0 heterocycles. The van der Waals surface area contributed by atoms with Crippen LogP contribution in [0, 0.1) is 0 Å². The lowest BCUT2D eigenvalue weighted by atomic mass is 10.1. The SMILES string of the molecule is CC(=O)O.CCCC(=O)O.O=C(O)c1ccccc1C(=O)O. The minimum absolute atomic E-state index is 0.190. The van der Waals surface area contributed by atoms with Gasteiger partial charge in [-0.25, -0.2) is 9.59 Å². The Labute approximate surface area is 126 Å². The van der Waals surface area contributed by atoms with E-state index in [1.54, 1.807) is 0 Å². The van der Waals surface area contributed by atoms with Crippen LogP contribution in [0.3, 0.4) is 0 Å². The van der Waals surface area contributed by atoms with Gasteiger partial charge in [0.05, 0.1) is 11.1 Å². The monoisotopic (exact) mass is 314 g/mol. The maximum atomic E-state index is 10.5. The number of aromatic carboxylic acids is 2. The van der Waals surface area contributed by atoms with Crippen molar-refractivity contribution in [3.05, 3.63) is 35.4 Å². The summed E-state index contributed by atoms with van der Waals surface area (Å²) in [6.45, 7) is 2.92. The summed E-state index contributed by atoms with van der Waals surface area (Å²) >= 11 is 0. The van der Waals surface area contributed by atoms with Crippen molar-refractivity contribution in [2.24, 2.45) is 0 Å². The summed E-state index contributed by atoms with van der Waals surface area (Å²) in [5.74, 6) is -4.00. The summed E-state index contributed by atoms with van der Waals surface area (Å²) < 4.78 is 0. The predicted octanol–water partition coefficient (Wildman–Crippen LogP) is 2.05. The maximum Gasteiger partial charge on any atom is 0.336 e. The van der Waals surface area contributed by atoms with Gasteiger partial charge >= 0.3 is 17.9 Å². The second kappa shape index (κ2) is 11.9. The Kier molecular flexibility index (Phi) is 11.6. The summed E-state index contributed by atoms with van der Waals surface area (Å²) in [5.41, 5.74) is -0.380. The number of rotatable bonds is 4. The zero-order valence-electron chi connectivity index (χ0n) is 12.1. The molecule has 0 spiro atoms. The van der Waals surface area contributed by atoms with Gasteiger partial charge in [0, 0.05) is 13.3 Å². The molecule has 1 rings (SSSR count). The van der Waals surface area contributed by atoms with Crippen LogP contribution in [0.15, 0.2) is 24.3 Å². The minimum Gasteiger partial charge on any atom is -0.481 e. The molecule has 0 amide bonds. The normalized spacial score (nSPS) is 8.45. The highest BCUT2D eigenvalue weighted by Gasteiger charge is 2.13. The molecule has 0 fully saturated rings. The first-order chi connectivity index (χ1) is 10.1. The van der Waals surface area contributed by atoms with E-state index < -0.39 is 23.9 Å². The molecular weight excluding hydrogens is 296 g/mol. The van der Waals surface area contributed by atoms with E-state index in [2.05, 4.69) is 0 Å². The summed E-state index contributed by atoms with van der Waals surface area (Å²) in [6, 6.07) is 5.48. The van der Waals surface area contributed by atoms with Gasteiger partial charge in [-0.3, -0.25) is 9.59 Å². The Morgan fingerprint density at radius 3 is 1.32 bits per heavy atom. The first-order valence-electron chi connectivity index (χ1n) is 6.10. The molecule has 0 aliphatic rings. The van der Waals surface area contributed by atoms with Gasteiger partial charge in [-0.2, -0.15) is 0 Å². The fourth-order valence-corrected chi connectivity index (χ4v) is 1.07. The molecule has 1 aromatic carbocycles. The summed E-state index contributed by atoms with van der Waals surface area (Å²) in [5, 5.41) is 32.4. The smallest absolute Gasteiger partial charge is 0.336 e. The molecule has 122 valence electrons. The predicted molar refractivity (Wildman–Crippen MR) is 76.2 cm³/mol. The highest BCUT2D eigenvalue weighted by atomic mass is 16.4. The number of hydrogen-bond acceptors (Lipinski definition) is 4. The van der Waals surface area contributed by atoms with Crippen molar-refractivity contribution in [2.75, 3.05) is 0 Å². The van der Waals surface area contributed by atoms with E-state index in [9.17, 15) is 14.4 Å². The molecule has 0 radical (unpaired) electrons. The van der Waals surface area contributed by atoms with E-state index in [0.717, 1.165) is 13.3 Å². The lowest BCUT2D eigenvalue weighted by Crippen LogP contribution is -2.06. The maximum absolute atomic E-state index is 10.5. The van der Waals surface area contributed by atoms with Gasteiger partial charge in [-0.05, 0) is 18.6 Å². The third-order valence-electron chi connectivity index (χ3n) is 1.85. The molecule has 4 N–H and O–H groups in total. The van der Waals surface area contributed by atoms with Crippen LogP contribution in [0.2, 0.25) is 0 Å². The molecule has 0 bridgehead atoms. The fraction of sp³-hybridized carbons (Fsp3) is 0.286. The average Bonchev–Trinajstić information content (AvgIpc) is 2.38. The van der Waals surface area contributed by atoms with Crippen LogP contribution in [0.5, 0.6) is 0 Å². The van der Waals surface area contributed by atoms with Crippen molar-refractivity contribution in [2.45, 2.75) is 26.7 Å². The van der Waals surface area contributed by atoms with Crippen molar-refractivity contribution in [3.8, 4) is 0 Å². The number of carbonyl (C=O) groups is 4. The second-order valence-electron chi connectivity index (χ2n) is 3.82. The van der Waals surface area contributed by atoms with Gasteiger partial charge in [0.15, 0.2) is 0 Å². The van der Waals surface area contributed by atoms with E-state index in [-0.39, 0.29) is 11.1 Å². The molecule has 8 heteroatoms. The van der Waals surface area contributed by atoms with Crippen LogP contribution in [-0.4, -0.2) is 44.3 Å². The van der Waals surface area contributed by atoms with Gasteiger partial charge in [0.2, 0.25) is 0 Å². The van der Waals surface area contributed by atoms with E-state index in [1.165, 1.54) is 24.3 Å². The van der Waals surface area contributed by atoms with Gasteiger partial charge < -0.3 is 20.4 Å². The molecular formula is C14H18O8. The Morgan fingerprint density at radius 1 is 0.864 bits per heavy atom. The van der Waals surface area contributed by atoms with Crippen LogP contribution in [0.1, 0.15) is 47.4 Å². The van der Waals surface area contributed by atoms with Gasteiger partial charge in [0.1, 0.15) is 0 Å². The van der Waals surface area contributed by atoms with Gasteiger partial charge in [0.25, 0.3) is 5.97 Å². The molecule has 22 heavy (non-hydrogen) atoms. The first kappa shape index (κ1) is 21.4. The Bertz CT molecular complexity index is 484. The largest absolute Gasteiger partial charge is 0.481 e. The lowest BCUT2D eigenvalue weighted by Gasteiger charge is -1.98. The topological polar surface area (TPSA) is 149 Å². The van der Waals surface area contributed by atoms with Crippen molar-refractivity contribution >= 4 is 23.9 Å². The van der Waals surface area contributed by atoms with Gasteiger partial charge in [-0.15, -0.1) is 0 Å². The Hall–Kier alpha value is -2.90. The minimum atomic E-state index is -1.23. The highest BCUT2D eigenvalue weighted by molar-refractivity contribution is 6.01. The molecule has 0 aliphatic carbocycles. The fourth-order valence-electron chi connectivity index (χ4n) is 1.07. The van der Waals surface area contributed by atoms with Crippen LogP contribution < -0.4 is 0 Å². The second-order valence-corrected chi connectivity index (χ2v) is 3.82. The molecule has 0 aliphatic heterocycles. The zero-order chi connectivity index (χ0) is 17.7. The average molecular weight is 314 g/mol. The number of carboxylic acids is 4. The van der Waals surface area contributed by atoms with Crippen LogP contribution in [-0.2, 0) is 9.59 Å². The van der Waals surface area contributed by atoms with Crippen molar-refractivity contribution < 1.29 is 39.6 Å². The standard InChI is InChI=1S/C8H6O4.C4H8O2.C2H4O2/c9-7(10)5-3-1-2-4-6(5)8(11)12;1-2-3-4(5)6;1-2(3)4/h1-4H,(H,9,10)(H,11,12);2-3H2,1H3,(H,5,6);1H3,(H,3,4). The molecule has 0 unspecified atom stereocenters. The van der Waals surface area contributed by atoms with E-state index in [0.29, 0.717) is 6.42 Å². The Balaban J connectivity index is 0. The molecule has 0 aromatic heterocycles. The van der Waals surface area contributed by atoms with E-state index in [1.807, 2.05) is 6.92 Å². The quantitative estimate of drug-likeness (QED) is 0.659. The Morgan fingerprint density at radius 2 is 1.18 bits per heavy atom. The number of carboxylic acid groups (broad SMARTS) is 4. The van der Waals surface area contributed by atoms with Crippen molar-refractivity contribution in [3.63, 3.8) is 0 Å². The highest BCUT2D eigenvalue weighted by Crippen LogP contribution is 2.07. The third-order valence-corrected chi connectivity index (χ3v) is 1.85. The van der Waals surface area contributed by atoms with Crippen LogP contribution >= 0.6 is 0 Å². The summed E-state index contributed by atoms with van der Waals surface area (Å²) in [7, 11) is 0. The first-order valence-corrected chi connectivity index (χ1v) is 6.10. The molecule has 0 saturated heterocycles. The zero-order valence-corrected chi connectivity index (χ0v) is 12.1. The third kappa shape index (κ3) is 12.2. The van der Waals surface area contributed by atoms with Crippen molar-refractivity contribution in [1.82, 2.24) is 0 Å². The number of hydrogen-bond donors (Lipinski definition) is 4. The summed E-state index contributed by atoms with van der Waals surface area (Å²) in [6.07, 6.45) is 1.02. The molecule has 0 atom stereocenters. The van der Waals surface area contributed by atoms with E-state index in [4.69, 9.17) is 25.2 Å². The molecule has 0 saturated carbocycles. The number of aliphatic carboxylic acids is 2. The van der Waals surface area contributed by atoms with Crippen LogP contribution in [0.4, 0.5) is 0 Å². The molecule has 8 nitrogen and oxygen atoms in total. The van der Waals surface area contributed by atoms with Crippen molar-refractivity contribution in [1.29, 1.82) is 0 Å². The van der Waals surface area contributed by atoms with E-state index >= 15 is 0 Å². The lowest BCUT2D eigenvalue weighted by molar-refractivity contribution is -0.137. The van der Waals surface area contributed by atoms with Crippen LogP contribution in [0.25, 0.3) is 0 Å². The molecule has 1 aromatic rings. The number of benzene rings is 1.